The maximum atomic E-state index is 5.45. The lowest BCUT2D eigenvalue weighted by atomic mass is 9.83. The lowest BCUT2D eigenvalue weighted by Gasteiger charge is -2.22. The Morgan fingerprint density at radius 2 is 0.788 bits per heavy atom. The smallest absolute Gasteiger partial charge is 0.160 e. The van der Waals surface area contributed by atoms with Crippen molar-refractivity contribution in [2.45, 2.75) is 38.5 Å². The molecule has 66 heavy (non-hydrogen) atoms. The number of fused-ring (bicyclic) bond motifs is 14. The van der Waals surface area contributed by atoms with Crippen LogP contribution in [0.15, 0.2) is 194 Å². The van der Waals surface area contributed by atoms with E-state index >= 15 is 0 Å². The van der Waals surface area contributed by atoms with Gasteiger partial charge in [0.1, 0.15) is 0 Å². The summed E-state index contributed by atoms with van der Waals surface area (Å²) >= 11 is 0. The Kier molecular flexibility index (Phi) is 7.42. The first-order valence-electron chi connectivity index (χ1n) is 22.9. The van der Waals surface area contributed by atoms with Crippen LogP contribution in [0, 0.1) is 0 Å². The van der Waals surface area contributed by atoms with Gasteiger partial charge < -0.3 is 18.3 Å². The molecule has 5 aromatic heterocycles. The van der Waals surface area contributed by atoms with Crippen LogP contribution in [-0.2, 0) is 10.8 Å². The van der Waals surface area contributed by atoms with Crippen LogP contribution < -0.4 is 0 Å². The Labute approximate surface area is 382 Å². The summed E-state index contributed by atoms with van der Waals surface area (Å²) in [6, 6.07) is 65.7. The molecule has 12 aromatic rings. The molecule has 0 unspecified atom stereocenters. The molecule has 6 heteroatoms. The minimum absolute atomic E-state index is 0.251. The SMILES string of the molecule is CC1(C)c2ccccc2-n2cc3c4ccccc4n(-c4cc(-c5nc(-c6ccccc6)cc(-c6ccccc6)n5)cc(-n5c6ccccc6c6cn7c(c65)C(C)(C)c5ccccc5-7)c4)c3c21. The van der Waals surface area contributed by atoms with Gasteiger partial charge in [0, 0.05) is 84.2 Å². The highest BCUT2D eigenvalue weighted by molar-refractivity contribution is 6.13. The first-order chi connectivity index (χ1) is 32.3. The van der Waals surface area contributed by atoms with Crippen molar-refractivity contribution in [2.24, 2.45) is 0 Å². The van der Waals surface area contributed by atoms with Crippen LogP contribution in [0.2, 0.25) is 0 Å². The van der Waals surface area contributed by atoms with E-state index in [1.807, 2.05) is 0 Å². The maximum absolute atomic E-state index is 5.45. The second kappa shape index (κ2) is 13.2. The zero-order chi connectivity index (χ0) is 44.1. The summed E-state index contributed by atoms with van der Waals surface area (Å²) in [4.78, 5) is 10.9. The molecule has 7 heterocycles. The third-order valence-electron chi connectivity index (χ3n) is 14.7. The van der Waals surface area contributed by atoms with E-state index < -0.39 is 0 Å². The van der Waals surface area contributed by atoms with E-state index in [0.29, 0.717) is 5.82 Å². The Morgan fingerprint density at radius 1 is 0.379 bits per heavy atom. The molecule has 2 aliphatic rings. The van der Waals surface area contributed by atoms with Crippen molar-refractivity contribution in [2.75, 3.05) is 0 Å². The van der Waals surface area contributed by atoms with Crippen LogP contribution in [0.25, 0.3) is 100 Å². The summed E-state index contributed by atoms with van der Waals surface area (Å²) in [6.45, 7) is 9.49. The third-order valence-corrected chi connectivity index (χ3v) is 14.7. The number of nitrogens with zero attached hydrogens (tertiary/aromatic N) is 6. The number of hydrogen-bond acceptors (Lipinski definition) is 2. The third kappa shape index (κ3) is 4.96. The summed E-state index contributed by atoms with van der Waals surface area (Å²) in [5, 5.41) is 4.92. The van der Waals surface area contributed by atoms with Gasteiger partial charge in [-0.05, 0) is 59.7 Å². The molecule has 7 aromatic carbocycles. The largest absolute Gasteiger partial charge is 0.317 e. The van der Waals surface area contributed by atoms with Crippen LogP contribution in [-0.4, -0.2) is 28.2 Å². The highest BCUT2D eigenvalue weighted by atomic mass is 15.1. The zero-order valence-corrected chi connectivity index (χ0v) is 37.2. The van der Waals surface area contributed by atoms with Crippen molar-refractivity contribution in [1.82, 2.24) is 28.2 Å². The van der Waals surface area contributed by atoms with Crippen molar-refractivity contribution in [3.63, 3.8) is 0 Å². The fourth-order valence-electron chi connectivity index (χ4n) is 11.7. The average Bonchev–Trinajstić information content (AvgIpc) is 4.17. The van der Waals surface area contributed by atoms with Crippen LogP contribution in [0.3, 0.4) is 0 Å². The van der Waals surface area contributed by atoms with E-state index in [1.54, 1.807) is 0 Å². The van der Waals surface area contributed by atoms with Gasteiger partial charge in [0.05, 0.1) is 44.8 Å². The van der Waals surface area contributed by atoms with Crippen molar-refractivity contribution in [1.29, 1.82) is 0 Å². The maximum Gasteiger partial charge on any atom is 0.160 e. The van der Waals surface area contributed by atoms with Crippen LogP contribution in [0.1, 0.15) is 50.2 Å². The molecule has 0 N–H and O–H groups in total. The first-order valence-corrected chi connectivity index (χ1v) is 22.9. The van der Waals surface area contributed by atoms with Gasteiger partial charge in [0.15, 0.2) is 5.82 Å². The van der Waals surface area contributed by atoms with E-state index in [9.17, 15) is 0 Å². The number of aromatic nitrogens is 6. The van der Waals surface area contributed by atoms with Crippen LogP contribution in [0.4, 0.5) is 0 Å². The minimum atomic E-state index is -0.251. The average molecular weight is 849 g/mol. The van der Waals surface area contributed by atoms with E-state index in [-0.39, 0.29) is 10.8 Å². The molecule has 0 amide bonds. The molecule has 0 bridgehead atoms. The van der Waals surface area contributed by atoms with Gasteiger partial charge in [-0.25, -0.2) is 9.97 Å². The molecule has 0 fully saturated rings. The summed E-state index contributed by atoms with van der Waals surface area (Å²) in [7, 11) is 0. The fourth-order valence-corrected chi connectivity index (χ4v) is 11.7. The van der Waals surface area contributed by atoms with Gasteiger partial charge in [-0.3, -0.25) is 0 Å². The van der Waals surface area contributed by atoms with Crippen molar-refractivity contribution in [3.05, 3.63) is 217 Å². The van der Waals surface area contributed by atoms with Gasteiger partial charge in [0.2, 0.25) is 0 Å². The lowest BCUT2D eigenvalue weighted by Crippen LogP contribution is -2.17. The van der Waals surface area contributed by atoms with Gasteiger partial charge in [-0.2, -0.15) is 0 Å². The molecule has 0 spiro atoms. The molecule has 0 saturated heterocycles. The van der Waals surface area contributed by atoms with Crippen molar-refractivity contribution < 1.29 is 0 Å². The molecule has 0 aliphatic carbocycles. The predicted molar refractivity (Wildman–Crippen MR) is 270 cm³/mol. The summed E-state index contributed by atoms with van der Waals surface area (Å²) in [5.74, 6) is 0.670. The normalized spacial score (nSPS) is 14.3. The predicted octanol–water partition coefficient (Wildman–Crippen LogP) is 14.5. The Hall–Kier alpha value is -8.22. The highest BCUT2D eigenvalue weighted by Crippen LogP contribution is 2.52. The standard InChI is InChI=1S/C60H44N6/c1-59(2)46-25-13-17-29-52(46)63-35-44-42-23-11-15-27-50(42)65(54(44)56(59)63)40-31-39(58-61-48(37-19-7-5-8-20-37)34-49(62-58)38-21-9-6-10-22-38)32-41(33-40)66-51-28-16-12-24-43(51)45-36-64-53-30-18-14-26-47(53)60(3,4)57(64)55(45)66/h5-36H,1-4H3. The minimum Gasteiger partial charge on any atom is -0.317 e. The molecular formula is C60H44N6. The second-order valence-electron chi connectivity index (χ2n) is 19.1. The fraction of sp³-hybridized carbons (Fsp3) is 0.100. The van der Waals surface area contributed by atoms with Crippen molar-refractivity contribution in [3.8, 4) is 56.7 Å². The molecule has 314 valence electrons. The van der Waals surface area contributed by atoms with Crippen LogP contribution >= 0.6 is 0 Å². The summed E-state index contributed by atoms with van der Waals surface area (Å²) < 4.78 is 9.92. The molecule has 0 atom stereocenters. The topological polar surface area (TPSA) is 45.5 Å². The molecule has 14 rings (SSSR count). The van der Waals surface area contributed by atoms with Gasteiger partial charge >= 0.3 is 0 Å². The van der Waals surface area contributed by atoms with Crippen molar-refractivity contribution >= 4 is 43.6 Å². The van der Waals surface area contributed by atoms with Crippen LogP contribution in [0.5, 0.6) is 0 Å². The van der Waals surface area contributed by atoms with E-state index in [4.69, 9.17) is 9.97 Å². The quantitative estimate of drug-likeness (QED) is 0.173. The number of para-hydroxylation sites is 4. The number of hydrogen-bond donors (Lipinski definition) is 0. The van der Waals surface area contributed by atoms with E-state index in [1.165, 1.54) is 66.5 Å². The Balaban J connectivity index is 1.12. The highest BCUT2D eigenvalue weighted by Gasteiger charge is 2.41. The van der Waals surface area contributed by atoms with E-state index in [2.05, 4.69) is 240 Å². The Bertz CT molecular complexity index is 3730. The summed E-state index contributed by atoms with van der Waals surface area (Å²) in [5.41, 5.74) is 18.9. The lowest BCUT2D eigenvalue weighted by molar-refractivity contribution is 0.646. The number of rotatable bonds is 5. The second-order valence-corrected chi connectivity index (χ2v) is 19.1. The first kappa shape index (κ1) is 37.2. The molecule has 2 aliphatic heterocycles. The molecule has 6 nitrogen and oxygen atoms in total. The molecule has 0 saturated carbocycles. The number of benzene rings is 7. The monoisotopic (exact) mass is 848 g/mol. The zero-order valence-electron chi connectivity index (χ0n) is 37.2. The van der Waals surface area contributed by atoms with Gasteiger partial charge in [-0.15, -0.1) is 0 Å². The van der Waals surface area contributed by atoms with Gasteiger partial charge in [0.25, 0.3) is 0 Å². The van der Waals surface area contributed by atoms with Gasteiger partial charge in [-0.1, -0.05) is 161 Å². The Morgan fingerprint density at radius 3 is 1.26 bits per heavy atom. The van der Waals surface area contributed by atoms with E-state index in [0.717, 1.165) is 50.5 Å². The molecular weight excluding hydrogens is 805 g/mol. The summed E-state index contributed by atoms with van der Waals surface area (Å²) in [6.07, 6.45) is 4.74. The molecule has 0 radical (unpaired) electrons.